The fourth-order valence-electron chi connectivity index (χ4n) is 3.66. The lowest BCUT2D eigenvalue weighted by atomic mass is 9.92. The molecule has 1 aromatic heterocycles. The van der Waals surface area contributed by atoms with Crippen molar-refractivity contribution in [2.24, 2.45) is 11.7 Å². The van der Waals surface area contributed by atoms with E-state index in [1.807, 2.05) is 13.8 Å². The van der Waals surface area contributed by atoms with Gasteiger partial charge in [0.15, 0.2) is 0 Å². The number of fused-ring (bicyclic) bond motifs is 1. The van der Waals surface area contributed by atoms with Crippen LogP contribution in [0, 0.1) is 5.92 Å². The quantitative estimate of drug-likeness (QED) is 0.754. The number of aromatic nitrogens is 1. The summed E-state index contributed by atoms with van der Waals surface area (Å²) < 4.78 is 46.7. The van der Waals surface area contributed by atoms with Gasteiger partial charge in [0.2, 0.25) is 0 Å². The predicted octanol–water partition coefficient (Wildman–Crippen LogP) is 4.15. The summed E-state index contributed by atoms with van der Waals surface area (Å²) in [5, 5.41) is 2.64. The Labute approximate surface area is 167 Å². The monoisotopic (exact) mass is 407 g/mol. The van der Waals surface area contributed by atoms with Crippen LogP contribution in [0.4, 0.5) is 13.2 Å². The molecule has 1 aliphatic rings. The number of alkyl halides is 3. The van der Waals surface area contributed by atoms with E-state index in [9.17, 15) is 18.0 Å². The van der Waals surface area contributed by atoms with Crippen LogP contribution in [-0.2, 0) is 12.7 Å². The van der Waals surface area contributed by atoms with Gasteiger partial charge in [-0.2, -0.15) is 13.2 Å². The van der Waals surface area contributed by atoms with E-state index < -0.39 is 17.3 Å². The standard InChI is InChI=1S/C21H24F3N3O2/c1-12(2)9-20(3,25)11-29-17-5-4-13(8-15(17)21(22,23)24)14-6-7-26-16-10-27-19(28)18(14)16/h4-8,12H,9-11,25H2,1-3H3,(H,27,28)/t20-/m0/s1. The van der Waals surface area contributed by atoms with Gasteiger partial charge in [-0.05, 0) is 48.6 Å². The maximum absolute atomic E-state index is 13.7. The number of halogens is 3. The molecule has 29 heavy (non-hydrogen) atoms. The Morgan fingerprint density at radius 3 is 2.66 bits per heavy atom. The summed E-state index contributed by atoms with van der Waals surface area (Å²) in [6.45, 7) is 5.96. The highest BCUT2D eigenvalue weighted by Gasteiger charge is 2.36. The van der Waals surface area contributed by atoms with E-state index in [4.69, 9.17) is 10.5 Å². The van der Waals surface area contributed by atoms with Gasteiger partial charge in [-0.15, -0.1) is 0 Å². The molecule has 0 saturated carbocycles. The van der Waals surface area contributed by atoms with Crippen molar-refractivity contribution < 1.29 is 22.7 Å². The first-order valence-corrected chi connectivity index (χ1v) is 9.37. The maximum atomic E-state index is 13.7. The molecule has 3 N–H and O–H groups in total. The maximum Gasteiger partial charge on any atom is 0.419 e. The van der Waals surface area contributed by atoms with E-state index >= 15 is 0 Å². The molecule has 1 atom stereocenters. The SMILES string of the molecule is CC(C)C[C@](C)(N)COc1ccc(-c2ccnc3c2C(=O)NC3)cc1C(F)(F)F. The molecule has 5 nitrogen and oxygen atoms in total. The number of hydrogen-bond acceptors (Lipinski definition) is 4. The summed E-state index contributed by atoms with van der Waals surface area (Å²) in [5.74, 6) is -0.334. The third kappa shape index (κ3) is 4.70. The minimum atomic E-state index is -4.62. The number of pyridine rings is 1. The molecule has 2 aromatic rings. The Balaban J connectivity index is 1.97. The van der Waals surface area contributed by atoms with Gasteiger partial charge < -0.3 is 15.8 Å². The fourth-order valence-corrected chi connectivity index (χ4v) is 3.66. The highest BCUT2D eigenvalue weighted by molar-refractivity contribution is 6.04. The van der Waals surface area contributed by atoms with Crippen molar-refractivity contribution in [1.29, 1.82) is 0 Å². The van der Waals surface area contributed by atoms with E-state index in [0.717, 1.165) is 6.07 Å². The lowest BCUT2D eigenvalue weighted by Crippen LogP contribution is -2.43. The lowest BCUT2D eigenvalue weighted by Gasteiger charge is -2.27. The number of carbonyl (C=O) groups is 1. The Morgan fingerprint density at radius 2 is 2.00 bits per heavy atom. The second-order valence-electron chi connectivity index (χ2n) is 8.11. The van der Waals surface area contributed by atoms with Gasteiger partial charge in [-0.3, -0.25) is 9.78 Å². The Bertz CT molecular complexity index is 924. The van der Waals surface area contributed by atoms with Crippen molar-refractivity contribution >= 4 is 5.91 Å². The van der Waals surface area contributed by atoms with Crippen LogP contribution in [-0.4, -0.2) is 23.0 Å². The first kappa shape index (κ1) is 21.1. The van der Waals surface area contributed by atoms with E-state index in [1.165, 1.54) is 18.3 Å². The molecule has 0 unspecified atom stereocenters. The highest BCUT2D eigenvalue weighted by atomic mass is 19.4. The summed E-state index contributed by atoms with van der Waals surface area (Å²) >= 11 is 0. The van der Waals surface area contributed by atoms with Crippen LogP contribution in [0.2, 0.25) is 0 Å². The molecule has 2 heterocycles. The average Bonchev–Trinajstić information content (AvgIpc) is 2.99. The van der Waals surface area contributed by atoms with Crippen LogP contribution >= 0.6 is 0 Å². The third-order valence-corrected chi connectivity index (χ3v) is 4.70. The highest BCUT2D eigenvalue weighted by Crippen LogP contribution is 2.40. The van der Waals surface area contributed by atoms with Crippen LogP contribution in [0.1, 0.15) is 48.8 Å². The average molecular weight is 407 g/mol. The predicted molar refractivity (Wildman–Crippen MR) is 103 cm³/mol. The molecule has 0 saturated heterocycles. The molecule has 1 amide bonds. The largest absolute Gasteiger partial charge is 0.491 e. The Morgan fingerprint density at radius 1 is 1.28 bits per heavy atom. The summed E-state index contributed by atoms with van der Waals surface area (Å²) in [6.07, 6.45) is -2.52. The number of benzene rings is 1. The van der Waals surface area contributed by atoms with Crippen molar-refractivity contribution in [1.82, 2.24) is 10.3 Å². The van der Waals surface area contributed by atoms with E-state index in [-0.39, 0.29) is 36.3 Å². The van der Waals surface area contributed by atoms with Crippen molar-refractivity contribution in [2.75, 3.05) is 6.61 Å². The van der Waals surface area contributed by atoms with Crippen LogP contribution in [0.3, 0.4) is 0 Å². The first-order valence-electron chi connectivity index (χ1n) is 9.37. The number of rotatable bonds is 6. The zero-order valence-electron chi connectivity index (χ0n) is 16.6. The normalized spacial score (nSPS) is 15.8. The first-order chi connectivity index (χ1) is 13.5. The summed E-state index contributed by atoms with van der Waals surface area (Å²) in [6, 6.07) is 5.34. The second-order valence-corrected chi connectivity index (χ2v) is 8.11. The molecule has 0 aliphatic carbocycles. The Hall–Kier alpha value is -2.61. The second kappa shape index (κ2) is 7.67. The molecule has 0 radical (unpaired) electrons. The molecule has 0 bridgehead atoms. The fraction of sp³-hybridized carbons (Fsp3) is 0.429. The van der Waals surface area contributed by atoms with Crippen LogP contribution in [0.15, 0.2) is 30.5 Å². The number of ether oxygens (including phenoxy) is 1. The number of hydrogen-bond donors (Lipinski definition) is 2. The molecule has 1 aromatic carbocycles. The van der Waals surface area contributed by atoms with Crippen molar-refractivity contribution in [3.63, 3.8) is 0 Å². The van der Waals surface area contributed by atoms with E-state index in [1.54, 1.807) is 13.0 Å². The number of carbonyl (C=O) groups excluding carboxylic acids is 1. The van der Waals surface area contributed by atoms with Gasteiger partial charge >= 0.3 is 6.18 Å². The summed E-state index contributed by atoms with van der Waals surface area (Å²) in [4.78, 5) is 16.2. The minimum absolute atomic E-state index is 0.0410. The number of nitrogens with one attached hydrogen (secondary N) is 1. The number of nitrogens with zero attached hydrogens (tertiary/aromatic N) is 1. The lowest BCUT2D eigenvalue weighted by molar-refractivity contribution is -0.139. The summed E-state index contributed by atoms with van der Waals surface area (Å²) in [7, 11) is 0. The van der Waals surface area contributed by atoms with Crippen molar-refractivity contribution in [3.05, 3.63) is 47.3 Å². The number of amides is 1. The van der Waals surface area contributed by atoms with E-state index in [0.29, 0.717) is 23.2 Å². The van der Waals surface area contributed by atoms with Crippen molar-refractivity contribution in [3.8, 4) is 16.9 Å². The minimum Gasteiger partial charge on any atom is -0.491 e. The van der Waals surface area contributed by atoms with Crippen LogP contribution in [0.5, 0.6) is 5.75 Å². The molecule has 3 rings (SSSR count). The van der Waals surface area contributed by atoms with Gasteiger partial charge in [0, 0.05) is 11.7 Å². The number of nitrogens with two attached hydrogens (primary N) is 1. The van der Waals surface area contributed by atoms with Gasteiger partial charge in [0.1, 0.15) is 12.4 Å². The third-order valence-electron chi connectivity index (χ3n) is 4.70. The topological polar surface area (TPSA) is 77.2 Å². The van der Waals surface area contributed by atoms with Gasteiger partial charge in [0.25, 0.3) is 5.91 Å². The molecule has 0 fully saturated rings. The van der Waals surface area contributed by atoms with Gasteiger partial charge in [0.05, 0.1) is 23.4 Å². The molecule has 1 aliphatic heterocycles. The summed E-state index contributed by atoms with van der Waals surface area (Å²) in [5.41, 5.74) is 6.02. The zero-order valence-corrected chi connectivity index (χ0v) is 16.6. The van der Waals surface area contributed by atoms with Crippen LogP contribution in [0.25, 0.3) is 11.1 Å². The van der Waals surface area contributed by atoms with E-state index in [2.05, 4.69) is 10.3 Å². The molecule has 156 valence electrons. The van der Waals surface area contributed by atoms with Gasteiger partial charge in [-0.1, -0.05) is 19.9 Å². The molecule has 8 heteroatoms. The van der Waals surface area contributed by atoms with Gasteiger partial charge in [-0.25, -0.2) is 0 Å². The molecule has 0 spiro atoms. The molecular formula is C21H24F3N3O2. The van der Waals surface area contributed by atoms with Crippen molar-refractivity contribution in [2.45, 2.75) is 45.5 Å². The Kier molecular flexibility index (Phi) is 5.58. The van der Waals surface area contributed by atoms with Crippen LogP contribution < -0.4 is 15.8 Å². The zero-order chi connectivity index (χ0) is 21.4. The molecular weight excluding hydrogens is 383 g/mol. The smallest absolute Gasteiger partial charge is 0.419 e.